The van der Waals surface area contributed by atoms with Gasteiger partial charge in [-0.2, -0.15) is 4.31 Å². The Kier molecular flexibility index (Phi) is 5.41. The van der Waals surface area contributed by atoms with E-state index in [4.69, 9.17) is 0 Å². The van der Waals surface area contributed by atoms with E-state index in [-0.39, 0.29) is 6.04 Å². The molecule has 2 rings (SSSR count). The Labute approximate surface area is 128 Å². The lowest BCUT2D eigenvalue weighted by molar-refractivity contribution is 0.395. The lowest BCUT2D eigenvalue weighted by atomic mass is 10.1. The van der Waals surface area contributed by atoms with Gasteiger partial charge in [0.1, 0.15) is 0 Å². The van der Waals surface area contributed by atoms with Gasteiger partial charge in [-0.1, -0.05) is 25.5 Å². The van der Waals surface area contributed by atoms with Crippen LogP contribution in [0.2, 0.25) is 0 Å². The van der Waals surface area contributed by atoms with Crippen LogP contribution < -0.4 is 5.32 Å². The Hall–Kier alpha value is -0.910. The predicted octanol–water partition coefficient (Wildman–Crippen LogP) is 2.67. The van der Waals surface area contributed by atoms with Crippen molar-refractivity contribution in [2.75, 3.05) is 13.6 Å². The van der Waals surface area contributed by atoms with E-state index in [0.717, 1.165) is 36.8 Å². The van der Waals surface area contributed by atoms with Crippen molar-refractivity contribution in [2.24, 2.45) is 0 Å². The van der Waals surface area contributed by atoms with E-state index in [1.165, 1.54) is 0 Å². The third-order valence-corrected chi connectivity index (χ3v) is 6.13. The maximum Gasteiger partial charge on any atom is 0.243 e. The first-order valence-electron chi connectivity index (χ1n) is 7.77. The van der Waals surface area contributed by atoms with Crippen molar-refractivity contribution in [2.45, 2.75) is 57.0 Å². The highest BCUT2D eigenvalue weighted by Crippen LogP contribution is 2.33. The van der Waals surface area contributed by atoms with Crippen molar-refractivity contribution >= 4 is 10.0 Å². The van der Waals surface area contributed by atoms with Crippen molar-refractivity contribution in [1.29, 1.82) is 0 Å². The average Bonchev–Trinajstić information content (AvgIpc) is 3.26. The Balaban J connectivity index is 2.35. The molecule has 1 aromatic carbocycles. The highest BCUT2D eigenvalue weighted by molar-refractivity contribution is 7.89. The maximum atomic E-state index is 13.0. The van der Waals surface area contributed by atoms with Crippen molar-refractivity contribution in [3.8, 4) is 0 Å². The summed E-state index contributed by atoms with van der Waals surface area (Å²) in [7, 11) is -1.50. The molecule has 1 fully saturated rings. The van der Waals surface area contributed by atoms with Crippen LogP contribution in [0.4, 0.5) is 0 Å². The molecule has 0 radical (unpaired) electrons. The van der Waals surface area contributed by atoms with Crippen LogP contribution in [0.1, 0.15) is 43.7 Å². The van der Waals surface area contributed by atoms with Crippen LogP contribution in [-0.4, -0.2) is 32.4 Å². The normalized spacial score (nSPS) is 15.6. The minimum atomic E-state index is -3.38. The van der Waals surface area contributed by atoms with Gasteiger partial charge in [0, 0.05) is 19.1 Å². The quantitative estimate of drug-likeness (QED) is 0.803. The fourth-order valence-corrected chi connectivity index (χ4v) is 4.62. The molecule has 1 aromatic rings. The topological polar surface area (TPSA) is 49.4 Å². The van der Waals surface area contributed by atoms with Crippen molar-refractivity contribution in [1.82, 2.24) is 9.62 Å². The second-order valence-electron chi connectivity index (χ2n) is 5.77. The minimum absolute atomic E-state index is 0.217. The number of benzene rings is 1. The zero-order valence-corrected chi connectivity index (χ0v) is 14.0. The first kappa shape index (κ1) is 16.5. The Morgan fingerprint density at radius 1 is 1.33 bits per heavy atom. The molecule has 0 aliphatic heterocycles. The molecule has 0 bridgehead atoms. The second-order valence-corrected chi connectivity index (χ2v) is 7.63. The molecule has 1 aliphatic carbocycles. The Morgan fingerprint density at radius 3 is 2.62 bits per heavy atom. The van der Waals surface area contributed by atoms with Gasteiger partial charge < -0.3 is 5.32 Å². The molecule has 118 valence electrons. The van der Waals surface area contributed by atoms with Crippen LogP contribution in [0, 0.1) is 6.92 Å². The number of sulfonamides is 1. The number of nitrogens with one attached hydrogen (secondary N) is 1. The van der Waals surface area contributed by atoms with E-state index in [1.807, 2.05) is 26.1 Å². The summed E-state index contributed by atoms with van der Waals surface area (Å²) in [5, 5.41) is 3.09. The summed E-state index contributed by atoms with van der Waals surface area (Å²) < 4.78 is 27.7. The maximum absolute atomic E-state index is 13.0. The highest BCUT2D eigenvalue weighted by Gasteiger charge is 2.38. The molecule has 0 aromatic heterocycles. The molecule has 0 amide bonds. The fourth-order valence-electron chi connectivity index (χ4n) is 2.62. The summed E-state index contributed by atoms with van der Waals surface area (Å²) in [4.78, 5) is 0.471. The monoisotopic (exact) mass is 310 g/mol. The van der Waals surface area contributed by atoms with E-state index in [1.54, 1.807) is 10.4 Å². The third-order valence-electron chi connectivity index (χ3n) is 4.04. The summed E-state index contributed by atoms with van der Waals surface area (Å²) in [5.74, 6) is 0. The molecule has 1 aliphatic rings. The summed E-state index contributed by atoms with van der Waals surface area (Å²) in [6, 6.07) is 5.79. The van der Waals surface area contributed by atoms with Crippen LogP contribution >= 0.6 is 0 Å². The van der Waals surface area contributed by atoms with Gasteiger partial charge in [-0.3, -0.25) is 0 Å². The second kappa shape index (κ2) is 6.90. The molecular formula is C16H26N2O2S. The van der Waals surface area contributed by atoms with Gasteiger partial charge in [-0.15, -0.1) is 0 Å². The van der Waals surface area contributed by atoms with Crippen LogP contribution in [0.3, 0.4) is 0 Å². The molecule has 0 atom stereocenters. The largest absolute Gasteiger partial charge is 0.316 e. The number of hydrogen-bond acceptors (Lipinski definition) is 3. The molecule has 0 unspecified atom stereocenters. The van der Waals surface area contributed by atoms with Gasteiger partial charge in [0.25, 0.3) is 0 Å². The number of nitrogens with zero attached hydrogens (tertiary/aromatic N) is 1. The molecule has 1 saturated carbocycles. The zero-order valence-electron chi connectivity index (χ0n) is 13.2. The summed E-state index contributed by atoms with van der Waals surface area (Å²) >= 11 is 0. The van der Waals surface area contributed by atoms with Gasteiger partial charge in [0.15, 0.2) is 0 Å². The van der Waals surface area contributed by atoms with Crippen molar-refractivity contribution in [3.63, 3.8) is 0 Å². The van der Waals surface area contributed by atoms with E-state index >= 15 is 0 Å². The molecule has 5 heteroatoms. The van der Waals surface area contributed by atoms with E-state index in [0.29, 0.717) is 18.0 Å². The zero-order chi connectivity index (χ0) is 15.5. The summed E-state index contributed by atoms with van der Waals surface area (Å²) in [6.45, 7) is 5.33. The SMILES string of the molecule is CCCCN(C1CC1)S(=O)(=O)c1cccc(CNC)c1C. The molecule has 0 saturated heterocycles. The van der Waals surface area contributed by atoms with Crippen molar-refractivity contribution < 1.29 is 8.42 Å². The number of unbranched alkanes of at least 4 members (excludes halogenated alkanes) is 1. The third kappa shape index (κ3) is 3.65. The Morgan fingerprint density at radius 2 is 2.05 bits per heavy atom. The first-order chi connectivity index (χ1) is 10.0. The van der Waals surface area contributed by atoms with E-state index < -0.39 is 10.0 Å². The lowest BCUT2D eigenvalue weighted by Gasteiger charge is -2.23. The molecule has 0 spiro atoms. The van der Waals surface area contributed by atoms with Crippen LogP contribution in [-0.2, 0) is 16.6 Å². The van der Waals surface area contributed by atoms with E-state index in [9.17, 15) is 8.42 Å². The van der Waals surface area contributed by atoms with Gasteiger partial charge in [-0.05, 0) is 50.4 Å². The smallest absolute Gasteiger partial charge is 0.243 e. The van der Waals surface area contributed by atoms with Crippen LogP contribution in [0.5, 0.6) is 0 Å². The minimum Gasteiger partial charge on any atom is -0.316 e. The summed E-state index contributed by atoms with van der Waals surface area (Å²) in [5.41, 5.74) is 1.92. The lowest BCUT2D eigenvalue weighted by Crippen LogP contribution is -2.34. The van der Waals surface area contributed by atoms with Gasteiger partial charge in [0.2, 0.25) is 10.0 Å². The molecule has 1 N–H and O–H groups in total. The summed E-state index contributed by atoms with van der Waals surface area (Å²) in [6.07, 6.45) is 3.93. The number of rotatable bonds is 8. The number of hydrogen-bond donors (Lipinski definition) is 1. The first-order valence-corrected chi connectivity index (χ1v) is 9.21. The van der Waals surface area contributed by atoms with Gasteiger partial charge in [-0.25, -0.2) is 8.42 Å². The van der Waals surface area contributed by atoms with Crippen LogP contribution in [0.15, 0.2) is 23.1 Å². The molecular weight excluding hydrogens is 284 g/mol. The highest BCUT2D eigenvalue weighted by atomic mass is 32.2. The molecule has 4 nitrogen and oxygen atoms in total. The average molecular weight is 310 g/mol. The standard InChI is InChI=1S/C16H26N2O2S/c1-4-5-11-18(15-9-10-15)21(19,20)16-8-6-7-14(12-17-3)13(16)2/h6-8,15,17H,4-5,9-12H2,1-3H3. The Bertz CT molecular complexity index is 580. The van der Waals surface area contributed by atoms with Crippen molar-refractivity contribution in [3.05, 3.63) is 29.3 Å². The van der Waals surface area contributed by atoms with Crippen LogP contribution in [0.25, 0.3) is 0 Å². The van der Waals surface area contributed by atoms with Gasteiger partial charge >= 0.3 is 0 Å². The van der Waals surface area contributed by atoms with Gasteiger partial charge in [0.05, 0.1) is 4.90 Å². The molecule has 21 heavy (non-hydrogen) atoms. The van der Waals surface area contributed by atoms with E-state index in [2.05, 4.69) is 12.2 Å². The molecule has 0 heterocycles. The fraction of sp³-hybridized carbons (Fsp3) is 0.625. The predicted molar refractivity (Wildman–Crippen MR) is 85.8 cm³/mol.